The Morgan fingerprint density at radius 2 is 1.64 bits per heavy atom. The van der Waals surface area contributed by atoms with Gasteiger partial charge in [0.2, 0.25) is 5.91 Å². The number of amides is 1. The minimum atomic E-state index is -0.145. The lowest BCUT2D eigenvalue weighted by atomic mass is 10.1. The van der Waals surface area contributed by atoms with E-state index < -0.39 is 0 Å². The molecule has 0 aliphatic carbocycles. The molecule has 204 valence electrons. The molecule has 8 heteroatoms. The number of hydrogen-bond acceptors (Lipinski definition) is 6. The number of rotatable bonds is 11. The molecule has 5 rings (SSSR count). The zero-order valence-corrected chi connectivity index (χ0v) is 24.1. The molecule has 1 unspecified atom stereocenters. The van der Waals surface area contributed by atoms with Crippen molar-refractivity contribution in [2.75, 3.05) is 43.6 Å². The number of carbonyl (C=O) groups excluding carboxylic acids is 2. The summed E-state index contributed by atoms with van der Waals surface area (Å²) in [6.07, 6.45) is 4.52. The molecule has 39 heavy (non-hydrogen) atoms. The number of para-hydroxylation sites is 1. The summed E-state index contributed by atoms with van der Waals surface area (Å²) in [4.78, 5) is 32.1. The van der Waals surface area contributed by atoms with Crippen LogP contribution in [0.25, 0.3) is 0 Å². The predicted octanol–water partition coefficient (Wildman–Crippen LogP) is 5.41. The minimum absolute atomic E-state index is 0.0211. The topological polar surface area (TPSA) is 55.9 Å². The normalized spacial score (nSPS) is 17.6. The summed E-state index contributed by atoms with van der Waals surface area (Å²) in [6.45, 7) is 7.04. The monoisotopic (exact) mass is 560 g/mol. The zero-order chi connectivity index (χ0) is 27.0. The Bertz CT molecular complexity index is 1330. The highest BCUT2D eigenvalue weighted by atomic mass is 32.2. The van der Waals surface area contributed by atoms with E-state index in [4.69, 9.17) is 0 Å². The summed E-state index contributed by atoms with van der Waals surface area (Å²) in [5.74, 6) is 1.48. The first-order valence-electron chi connectivity index (χ1n) is 13.6. The molecule has 1 N–H and O–H groups in total. The summed E-state index contributed by atoms with van der Waals surface area (Å²) >= 11 is 1.56. The number of piperazine rings is 1. The van der Waals surface area contributed by atoms with Crippen molar-refractivity contribution in [2.45, 2.75) is 31.1 Å². The minimum Gasteiger partial charge on any atom is -0.356 e. The maximum Gasteiger partial charge on any atom is 0.216 e. The molecule has 0 saturated carbocycles. The number of thiophene rings is 1. The Hall–Kier alpha value is -3.20. The predicted molar refractivity (Wildman–Crippen MR) is 164 cm³/mol. The van der Waals surface area contributed by atoms with E-state index in [2.05, 4.69) is 91.5 Å². The molecule has 0 spiro atoms. The second-order valence-corrected chi connectivity index (χ2v) is 12.7. The molecule has 1 amide bonds. The maximum atomic E-state index is 12.7. The third-order valence-electron chi connectivity index (χ3n) is 6.98. The van der Waals surface area contributed by atoms with Gasteiger partial charge in [-0.1, -0.05) is 47.1 Å². The zero-order valence-electron chi connectivity index (χ0n) is 22.4. The van der Waals surface area contributed by atoms with Crippen molar-refractivity contribution in [1.29, 1.82) is 0 Å². The van der Waals surface area contributed by atoms with E-state index in [0.29, 0.717) is 13.0 Å². The van der Waals surface area contributed by atoms with Gasteiger partial charge in [-0.3, -0.25) is 18.8 Å². The highest BCUT2D eigenvalue weighted by molar-refractivity contribution is 8.16. The molecular weight excluding hydrogens is 525 g/mol. The van der Waals surface area contributed by atoms with Crippen LogP contribution in [-0.4, -0.2) is 66.1 Å². The van der Waals surface area contributed by atoms with Crippen LogP contribution in [0.3, 0.4) is 0 Å². The smallest absolute Gasteiger partial charge is 0.216 e. The van der Waals surface area contributed by atoms with Crippen molar-refractivity contribution in [3.05, 3.63) is 94.4 Å². The quantitative estimate of drug-likeness (QED) is 0.251. The second-order valence-electron chi connectivity index (χ2n) is 9.77. The summed E-state index contributed by atoms with van der Waals surface area (Å²) in [7, 11) is -0.145. The third-order valence-corrected chi connectivity index (χ3v) is 10.1. The summed E-state index contributed by atoms with van der Waals surface area (Å²) < 4.78 is 2.48. The fourth-order valence-electron chi connectivity index (χ4n) is 4.95. The third kappa shape index (κ3) is 7.06. The van der Waals surface area contributed by atoms with Gasteiger partial charge in [0.1, 0.15) is 5.82 Å². The average molecular weight is 561 g/mol. The van der Waals surface area contributed by atoms with Gasteiger partial charge in [0, 0.05) is 55.8 Å². The van der Waals surface area contributed by atoms with Crippen LogP contribution in [0.1, 0.15) is 34.3 Å². The van der Waals surface area contributed by atoms with E-state index in [-0.39, 0.29) is 22.4 Å². The first kappa shape index (κ1) is 27.4. The Morgan fingerprint density at radius 1 is 0.923 bits per heavy atom. The van der Waals surface area contributed by atoms with E-state index in [9.17, 15) is 9.59 Å². The number of anilines is 1. The van der Waals surface area contributed by atoms with Gasteiger partial charge in [0.15, 0.2) is 5.78 Å². The molecule has 0 bridgehead atoms. The number of Topliss-reactive ketones (excluding diaryl/α,β-unsaturated/α-hetero) is 1. The summed E-state index contributed by atoms with van der Waals surface area (Å²) in [6, 6.07) is 25.4. The van der Waals surface area contributed by atoms with Crippen molar-refractivity contribution in [3.8, 4) is 0 Å². The van der Waals surface area contributed by atoms with Gasteiger partial charge in [-0.25, -0.2) is 0 Å². The van der Waals surface area contributed by atoms with Crippen LogP contribution in [-0.2, 0) is 11.2 Å². The molecule has 6 nitrogen and oxygen atoms in total. The average Bonchev–Trinajstić information content (AvgIpc) is 3.62. The molecule has 3 heterocycles. The van der Waals surface area contributed by atoms with E-state index in [0.717, 1.165) is 55.3 Å². The van der Waals surface area contributed by atoms with Crippen LogP contribution in [0.15, 0.2) is 89.6 Å². The Kier molecular flexibility index (Phi) is 9.29. The van der Waals surface area contributed by atoms with Gasteiger partial charge in [0.25, 0.3) is 0 Å². The molecular formula is C31H36N4O2S2. The largest absolute Gasteiger partial charge is 0.356 e. The fourth-order valence-corrected chi connectivity index (χ4v) is 7.83. The molecule has 0 radical (unpaired) electrons. The van der Waals surface area contributed by atoms with E-state index in [1.807, 2.05) is 12.1 Å². The van der Waals surface area contributed by atoms with Gasteiger partial charge < -0.3 is 10.2 Å². The Morgan fingerprint density at radius 3 is 2.36 bits per heavy atom. The lowest BCUT2D eigenvalue weighted by Gasteiger charge is -2.40. The van der Waals surface area contributed by atoms with E-state index in [1.165, 1.54) is 23.3 Å². The summed E-state index contributed by atoms with van der Waals surface area (Å²) in [5, 5.41) is 5.15. The molecule has 1 saturated heterocycles. The number of hydrogen-bond donors (Lipinski definition) is 1. The highest BCUT2D eigenvalue weighted by Gasteiger charge is 2.28. The van der Waals surface area contributed by atoms with Crippen molar-refractivity contribution in [2.24, 2.45) is 0 Å². The Balaban J connectivity index is 1.11. The number of allylic oxidation sites excluding steroid dienone is 1. The van der Waals surface area contributed by atoms with E-state index in [1.54, 1.807) is 11.3 Å². The van der Waals surface area contributed by atoms with Crippen LogP contribution in [0.2, 0.25) is 0 Å². The lowest BCUT2D eigenvalue weighted by molar-refractivity contribution is -0.118. The number of benzene rings is 2. The number of nitrogens with one attached hydrogen (secondary N) is 1. The van der Waals surface area contributed by atoms with E-state index >= 15 is 0 Å². The first-order valence-corrected chi connectivity index (χ1v) is 15.7. The van der Waals surface area contributed by atoms with Gasteiger partial charge in [-0.2, -0.15) is 0 Å². The second kappa shape index (κ2) is 13.2. The maximum absolute atomic E-state index is 12.7. The van der Waals surface area contributed by atoms with Crippen LogP contribution in [0, 0.1) is 0 Å². The lowest BCUT2D eigenvalue weighted by Crippen LogP contribution is -2.47. The van der Waals surface area contributed by atoms with Crippen molar-refractivity contribution < 1.29 is 9.59 Å². The van der Waals surface area contributed by atoms with Crippen molar-refractivity contribution >= 4 is 44.8 Å². The van der Waals surface area contributed by atoms with Gasteiger partial charge in [-0.05, 0) is 67.2 Å². The van der Waals surface area contributed by atoms with Crippen LogP contribution in [0.4, 0.5) is 5.69 Å². The van der Waals surface area contributed by atoms with Gasteiger partial charge >= 0.3 is 0 Å². The number of ketones is 1. The van der Waals surface area contributed by atoms with Gasteiger partial charge in [-0.15, -0.1) is 11.3 Å². The molecule has 2 aliphatic rings. The highest BCUT2D eigenvalue weighted by Crippen LogP contribution is 2.42. The fraction of sp³-hybridized carbons (Fsp3) is 0.323. The van der Waals surface area contributed by atoms with Crippen LogP contribution < -0.4 is 9.62 Å². The molecule has 2 aromatic carbocycles. The SMILES string of the molecule is CC(=O)NCCc1ccc(C(=O)CCCN2CCN(C3=CC=S(c4ccccc4)N3c3ccccc3)CC2)s1. The molecule has 1 aromatic heterocycles. The van der Waals surface area contributed by atoms with Gasteiger partial charge in [0.05, 0.1) is 10.6 Å². The summed E-state index contributed by atoms with van der Waals surface area (Å²) in [5.41, 5.74) is 1.22. The molecule has 1 fully saturated rings. The van der Waals surface area contributed by atoms with Crippen LogP contribution in [0.5, 0.6) is 0 Å². The van der Waals surface area contributed by atoms with Crippen LogP contribution >= 0.6 is 22.0 Å². The molecule has 3 aromatic rings. The molecule has 1 atom stereocenters. The standard InChI is InChI=1S/C31H36N4O2S2/c1-25(36)32-18-16-27-14-15-30(38-27)29(37)13-8-19-33-20-22-34(23-21-33)31-17-24-39(28-11-6-3-7-12-28)35(31)26-9-4-2-5-10-26/h2-7,9-12,14-15,17,24H,8,13,16,18-23H2,1H3,(H,32,36). The number of nitrogens with zero attached hydrogens (tertiary/aromatic N) is 3. The van der Waals surface area contributed by atoms with Crippen molar-refractivity contribution in [3.63, 3.8) is 0 Å². The Labute approximate surface area is 238 Å². The molecule has 2 aliphatic heterocycles. The number of carbonyl (C=O) groups is 2. The van der Waals surface area contributed by atoms with Crippen molar-refractivity contribution in [1.82, 2.24) is 15.1 Å². The first-order chi connectivity index (χ1) is 19.1.